The van der Waals surface area contributed by atoms with Crippen molar-refractivity contribution < 1.29 is 28.2 Å². The maximum absolute atomic E-state index is 14.3. The summed E-state index contributed by atoms with van der Waals surface area (Å²) in [6, 6.07) is 5.75. The molecule has 0 radical (unpaired) electrons. The van der Waals surface area contributed by atoms with Crippen molar-refractivity contribution in [3.05, 3.63) is 42.1 Å². The SMILES string of the molecule is O=C(O)CCCCOc1c(F)cc(-c2cccnc2OC2CC2)cc1F. The number of halogens is 2. The minimum atomic E-state index is -0.910. The van der Waals surface area contributed by atoms with Crippen molar-refractivity contribution in [2.75, 3.05) is 6.61 Å². The van der Waals surface area contributed by atoms with Gasteiger partial charge in [-0.15, -0.1) is 0 Å². The summed E-state index contributed by atoms with van der Waals surface area (Å²) in [7, 11) is 0. The number of aliphatic carboxylic acids is 1. The summed E-state index contributed by atoms with van der Waals surface area (Å²) in [5.41, 5.74) is 0.840. The van der Waals surface area contributed by atoms with E-state index in [0.717, 1.165) is 12.8 Å². The third kappa shape index (κ3) is 4.68. The Balaban J connectivity index is 1.72. The van der Waals surface area contributed by atoms with E-state index in [2.05, 4.69) is 4.98 Å². The number of ether oxygens (including phenoxy) is 2. The highest BCUT2D eigenvalue weighted by atomic mass is 19.1. The highest BCUT2D eigenvalue weighted by Crippen LogP contribution is 2.35. The average Bonchev–Trinajstić information content (AvgIpc) is 3.41. The third-order valence-electron chi connectivity index (χ3n) is 3.91. The molecule has 0 saturated heterocycles. The van der Waals surface area contributed by atoms with Crippen LogP contribution in [0.5, 0.6) is 11.6 Å². The van der Waals surface area contributed by atoms with Crippen LogP contribution in [-0.4, -0.2) is 28.8 Å². The van der Waals surface area contributed by atoms with Crippen LogP contribution in [0.4, 0.5) is 8.78 Å². The second kappa shape index (κ2) is 8.12. The molecule has 1 aromatic carbocycles. The Morgan fingerprint density at radius 3 is 2.62 bits per heavy atom. The van der Waals surface area contributed by atoms with E-state index in [-0.39, 0.29) is 19.1 Å². The Morgan fingerprint density at radius 1 is 1.23 bits per heavy atom. The number of rotatable bonds is 9. The van der Waals surface area contributed by atoms with Crippen LogP contribution in [0.15, 0.2) is 30.5 Å². The van der Waals surface area contributed by atoms with Crippen molar-refractivity contribution in [2.24, 2.45) is 0 Å². The van der Waals surface area contributed by atoms with E-state index in [1.807, 2.05) is 0 Å². The Kier molecular flexibility index (Phi) is 5.65. The Labute approximate surface area is 149 Å². The van der Waals surface area contributed by atoms with Crippen molar-refractivity contribution in [3.8, 4) is 22.8 Å². The van der Waals surface area contributed by atoms with Crippen LogP contribution in [-0.2, 0) is 4.79 Å². The molecule has 7 heteroatoms. The van der Waals surface area contributed by atoms with E-state index < -0.39 is 23.4 Å². The van der Waals surface area contributed by atoms with Gasteiger partial charge in [-0.1, -0.05) is 0 Å². The summed E-state index contributed by atoms with van der Waals surface area (Å²) in [5, 5.41) is 8.56. The molecule has 0 spiro atoms. The monoisotopic (exact) mass is 363 g/mol. The van der Waals surface area contributed by atoms with Gasteiger partial charge in [0.1, 0.15) is 6.10 Å². The normalized spacial score (nSPS) is 13.5. The van der Waals surface area contributed by atoms with Crippen molar-refractivity contribution >= 4 is 5.97 Å². The number of pyridine rings is 1. The Morgan fingerprint density at radius 2 is 1.96 bits per heavy atom. The van der Waals surface area contributed by atoms with E-state index >= 15 is 0 Å². The van der Waals surface area contributed by atoms with E-state index in [4.69, 9.17) is 14.6 Å². The Hall–Kier alpha value is -2.70. The van der Waals surface area contributed by atoms with Gasteiger partial charge in [0.05, 0.1) is 6.61 Å². The van der Waals surface area contributed by atoms with Crippen molar-refractivity contribution in [2.45, 2.75) is 38.2 Å². The number of nitrogens with zero attached hydrogens (tertiary/aromatic N) is 1. The number of carbonyl (C=O) groups is 1. The van der Waals surface area contributed by atoms with Crippen LogP contribution < -0.4 is 9.47 Å². The molecule has 1 aliphatic rings. The van der Waals surface area contributed by atoms with Crippen molar-refractivity contribution in [3.63, 3.8) is 0 Å². The predicted molar refractivity (Wildman–Crippen MR) is 90.2 cm³/mol. The largest absolute Gasteiger partial charge is 0.488 e. The number of carboxylic acids is 1. The van der Waals surface area contributed by atoms with Crippen LogP contribution >= 0.6 is 0 Å². The molecule has 26 heavy (non-hydrogen) atoms. The van der Waals surface area contributed by atoms with Gasteiger partial charge < -0.3 is 14.6 Å². The van der Waals surface area contributed by atoms with Gasteiger partial charge in [-0.3, -0.25) is 4.79 Å². The van der Waals surface area contributed by atoms with Crippen molar-refractivity contribution in [1.82, 2.24) is 4.98 Å². The molecule has 1 fully saturated rings. The molecule has 3 rings (SSSR count). The lowest BCUT2D eigenvalue weighted by atomic mass is 10.1. The fraction of sp³-hybridized carbons (Fsp3) is 0.368. The van der Waals surface area contributed by atoms with Crippen LogP contribution in [0.2, 0.25) is 0 Å². The summed E-state index contributed by atoms with van der Waals surface area (Å²) >= 11 is 0. The average molecular weight is 363 g/mol. The zero-order chi connectivity index (χ0) is 18.5. The van der Waals surface area contributed by atoms with Gasteiger partial charge >= 0.3 is 5.97 Å². The molecule has 2 aromatic rings. The first-order valence-corrected chi connectivity index (χ1v) is 8.50. The number of aromatic nitrogens is 1. The molecule has 138 valence electrons. The van der Waals surface area contributed by atoms with Gasteiger partial charge in [-0.05, 0) is 55.5 Å². The van der Waals surface area contributed by atoms with Crippen LogP contribution in [0.3, 0.4) is 0 Å². The van der Waals surface area contributed by atoms with E-state index in [9.17, 15) is 13.6 Å². The topological polar surface area (TPSA) is 68.7 Å². The molecule has 5 nitrogen and oxygen atoms in total. The molecule has 0 unspecified atom stereocenters. The maximum atomic E-state index is 14.3. The minimum absolute atomic E-state index is 0.00194. The predicted octanol–water partition coefficient (Wildman–Crippen LogP) is 4.20. The summed E-state index contributed by atoms with van der Waals surface area (Å²) in [6.07, 6.45) is 4.37. The fourth-order valence-electron chi connectivity index (χ4n) is 2.45. The molecular weight excluding hydrogens is 344 g/mol. The standard InChI is InChI=1S/C19H19F2NO4/c20-15-10-12(14-4-3-8-22-19(14)26-13-6-7-13)11-16(21)18(15)25-9-2-1-5-17(23)24/h3-4,8,10-11,13H,1-2,5-7,9H2,(H,23,24). The van der Waals surface area contributed by atoms with Gasteiger partial charge in [-0.2, -0.15) is 0 Å². The number of benzene rings is 1. The number of hydrogen-bond acceptors (Lipinski definition) is 4. The molecule has 1 heterocycles. The van der Waals surface area contributed by atoms with E-state index in [1.165, 1.54) is 12.1 Å². The molecule has 1 N–H and O–H groups in total. The first-order chi connectivity index (χ1) is 12.5. The van der Waals surface area contributed by atoms with Gasteiger partial charge in [0.25, 0.3) is 0 Å². The van der Waals surface area contributed by atoms with Crippen LogP contribution in [0.1, 0.15) is 32.1 Å². The van der Waals surface area contributed by atoms with Crippen LogP contribution in [0.25, 0.3) is 11.1 Å². The molecule has 1 aliphatic carbocycles. The molecule has 1 saturated carbocycles. The smallest absolute Gasteiger partial charge is 0.303 e. The fourth-order valence-corrected chi connectivity index (χ4v) is 2.45. The zero-order valence-electron chi connectivity index (χ0n) is 14.1. The highest BCUT2D eigenvalue weighted by molar-refractivity contribution is 5.69. The first-order valence-electron chi connectivity index (χ1n) is 8.50. The molecule has 0 aliphatic heterocycles. The first kappa shape index (κ1) is 18.1. The van der Waals surface area contributed by atoms with Gasteiger partial charge in [0.15, 0.2) is 17.4 Å². The van der Waals surface area contributed by atoms with E-state index in [1.54, 1.807) is 18.3 Å². The van der Waals surface area contributed by atoms with Gasteiger partial charge in [0.2, 0.25) is 5.88 Å². The summed E-state index contributed by atoms with van der Waals surface area (Å²) in [5.74, 6) is -2.65. The number of unbranched alkanes of at least 4 members (excludes halogenated alkanes) is 1. The minimum Gasteiger partial charge on any atom is -0.488 e. The zero-order valence-corrected chi connectivity index (χ0v) is 14.1. The molecule has 1 aromatic heterocycles. The lowest BCUT2D eigenvalue weighted by Gasteiger charge is -2.12. The molecule has 0 amide bonds. The molecule has 0 bridgehead atoms. The third-order valence-corrected chi connectivity index (χ3v) is 3.91. The highest BCUT2D eigenvalue weighted by Gasteiger charge is 2.26. The maximum Gasteiger partial charge on any atom is 0.303 e. The van der Waals surface area contributed by atoms with Gasteiger partial charge in [-0.25, -0.2) is 13.8 Å². The van der Waals surface area contributed by atoms with Crippen molar-refractivity contribution in [1.29, 1.82) is 0 Å². The quantitative estimate of drug-likeness (QED) is 0.676. The molecular formula is C19H19F2NO4. The van der Waals surface area contributed by atoms with Crippen LogP contribution in [0, 0.1) is 11.6 Å². The second-order valence-corrected chi connectivity index (χ2v) is 6.14. The lowest BCUT2D eigenvalue weighted by molar-refractivity contribution is -0.137. The summed E-state index contributed by atoms with van der Waals surface area (Å²) in [6.45, 7) is 0.0450. The lowest BCUT2D eigenvalue weighted by Crippen LogP contribution is -2.04. The summed E-state index contributed by atoms with van der Waals surface area (Å²) in [4.78, 5) is 14.6. The number of hydrogen-bond donors (Lipinski definition) is 1. The van der Waals surface area contributed by atoms with E-state index in [0.29, 0.717) is 29.8 Å². The van der Waals surface area contributed by atoms with Gasteiger partial charge in [0, 0.05) is 18.2 Å². The summed E-state index contributed by atoms with van der Waals surface area (Å²) < 4.78 is 39.5. The Bertz CT molecular complexity index is 770. The molecule has 0 atom stereocenters. The number of carboxylic acid groups (broad SMARTS) is 1. The second-order valence-electron chi connectivity index (χ2n) is 6.14.